The molecule has 2 heterocycles. The summed E-state index contributed by atoms with van der Waals surface area (Å²) >= 11 is 0. The van der Waals surface area contributed by atoms with Crippen molar-refractivity contribution in [1.82, 2.24) is 9.55 Å². The molecule has 26 heavy (non-hydrogen) atoms. The van der Waals surface area contributed by atoms with Crippen LogP contribution >= 0.6 is 0 Å². The summed E-state index contributed by atoms with van der Waals surface area (Å²) in [6.07, 6.45) is 5.73. The largest absolute Gasteiger partial charge is 0.367 e. The molecular weight excluding hydrogens is 322 g/mol. The van der Waals surface area contributed by atoms with E-state index in [2.05, 4.69) is 46.1 Å². The van der Waals surface area contributed by atoms with Gasteiger partial charge in [0.05, 0.1) is 17.1 Å². The van der Waals surface area contributed by atoms with Crippen molar-refractivity contribution < 1.29 is 0 Å². The first-order chi connectivity index (χ1) is 12.7. The molecule has 1 aliphatic rings. The summed E-state index contributed by atoms with van der Waals surface area (Å²) in [4.78, 5) is 17.0. The number of nitrogens with one attached hydrogen (secondary N) is 1. The number of pyridine rings is 2. The van der Waals surface area contributed by atoms with E-state index in [1.54, 1.807) is 0 Å². The van der Waals surface area contributed by atoms with E-state index in [0.29, 0.717) is 6.04 Å². The molecule has 0 radical (unpaired) electrons. The zero-order valence-electron chi connectivity index (χ0n) is 16.0. The lowest BCUT2D eigenvalue weighted by atomic mass is 10.1. The summed E-state index contributed by atoms with van der Waals surface area (Å²) in [7, 11) is 0. The molecule has 0 saturated heterocycles. The van der Waals surface area contributed by atoms with Gasteiger partial charge in [-0.05, 0) is 43.9 Å². The summed E-state index contributed by atoms with van der Waals surface area (Å²) in [5.74, 6) is 0.783. The second-order valence-electron chi connectivity index (χ2n) is 6.53. The van der Waals surface area contributed by atoms with Crippen LogP contribution in [-0.4, -0.2) is 15.6 Å². The third kappa shape index (κ3) is 3.36. The van der Waals surface area contributed by atoms with Crippen LogP contribution in [0, 0.1) is 6.92 Å². The molecule has 3 aromatic rings. The average molecular weight is 349 g/mol. The monoisotopic (exact) mass is 349 g/mol. The maximum absolute atomic E-state index is 12.5. The Morgan fingerprint density at radius 1 is 1.19 bits per heavy atom. The van der Waals surface area contributed by atoms with Crippen LogP contribution in [0.3, 0.4) is 0 Å². The molecule has 136 valence electrons. The molecule has 0 fully saturated rings. The van der Waals surface area contributed by atoms with E-state index in [4.69, 9.17) is 0 Å². The lowest BCUT2D eigenvalue weighted by Gasteiger charge is -2.15. The zero-order valence-corrected chi connectivity index (χ0v) is 16.0. The van der Waals surface area contributed by atoms with E-state index in [1.807, 2.05) is 39.2 Å². The topological polar surface area (TPSA) is 46.9 Å². The van der Waals surface area contributed by atoms with Crippen LogP contribution in [0.4, 0.5) is 5.82 Å². The van der Waals surface area contributed by atoms with E-state index in [-0.39, 0.29) is 5.43 Å². The molecule has 0 bridgehead atoms. The smallest absolute Gasteiger partial charge is 0.192 e. The third-order valence-corrected chi connectivity index (χ3v) is 4.89. The van der Waals surface area contributed by atoms with Gasteiger partial charge in [0.25, 0.3) is 0 Å². The molecule has 0 unspecified atom stereocenters. The Bertz CT molecular complexity index is 950. The van der Waals surface area contributed by atoms with Crippen molar-refractivity contribution in [2.45, 2.75) is 53.1 Å². The maximum atomic E-state index is 12.5. The van der Waals surface area contributed by atoms with Gasteiger partial charge >= 0.3 is 0 Å². The predicted octanol–water partition coefficient (Wildman–Crippen LogP) is 4.33. The molecule has 4 rings (SSSR count). The van der Waals surface area contributed by atoms with E-state index in [1.165, 1.54) is 11.1 Å². The minimum Gasteiger partial charge on any atom is -0.367 e. The van der Waals surface area contributed by atoms with Crippen LogP contribution in [-0.2, 0) is 19.4 Å². The van der Waals surface area contributed by atoms with Crippen LogP contribution < -0.4 is 10.7 Å². The first kappa shape index (κ1) is 18.2. The number of benzene rings is 1. The van der Waals surface area contributed by atoms with Gasteiger partial charge in [0.2, 0.25) is 0 Å². The molecular formula is C22H27N3O. The molecule has 0 amide bonds. The molecule has 1 aliphatic carbocycles. The Morgan fingerprint density at radius 2 is 1.85 bits per heavy atom. The van der Waals surface area contributed by atoms with Crippen molar-refractivity contribution in [2.24, 2.45) is 0 Å². The minimum absolute atomic E-state index is 0.0925. The predicted molar refractivity (Wildman–Crippen MR) is 109 cm³/mol. The summed E-state index contributed by atoms with van der Waals surface area (Å²) < 4.78 is 2.08. The SMILES string of the molecule is CC.CCn1cc(C)c(=O)c2cc(NC3Cc4ccccc4C3)ncc21. The summed E-state index contributed by atoms with van der Waals surface area (Å²) in [6, 6.07) is 10.8. The van der Waals surface area contributed by atoms with Crippen LogP contribution in [0.1, 0.15) is 37.5 Å². The average Bonchev–Trinajstić information content (AvgIpc) is 3.08. The number of aromatic nitrogens is 2. The van der Waals surface area contributed by atoms with Crippen molar-refractivity contribution in [3.05, 3.63) is 69.6 Å². The van der Waals surface area contributed by atoms with Crippen molar-refractivity contribution in [2.75, 3.05) is 5.32 Å². The zero-order chi connectivity index (χ0) is 18.7. The lowest BCUT2D eigenvalue weighted by molar-refractivity contribution is 0.766. The minimum atomic E-state index is 0.0925. The van der Waals surface area contributed by atoms with Gasteiger partial charge in [-0.2, -0.15) is 0 Å². The number of nitrogens with zero attached hydrogens (tertiary/aromatic N) is 2. The molecule has 1 aromatic carbocycles. The highest BCUT2D eigenvalue weighted by atomic mass is 16.1. The summed E-state index contributed by atoms with van der Waals surface area (Å²) in [5, 5.41) is 4.25. The summed E-state index contributed by atoms with van der Waals surface area (Å²) in [6.45, 7) is 8.77. The van der Waals surface area contributed by atoms with Crippen LogP contribution in [0.2, 0.25) is 0 Å². The summed E-state index contributed by atoms with van der Waals surface area (Å²) in [5.41, 5.74) is 4.57. The van der Waals surface area contributed by atoms with E-state index in [0.717, 1.165) is 41.7 Å². The van der Waals surface area contributed by atoms with E-state index >= 15 is 0 Å². The van der Waals surface area contributed by atoms with Crippen molar-refractivity contribution in [3.63, 3.8) is 0 Å². The number of aryl methyl sites for hydroxylation is 2. The van der Waals surface area contributed by atoms with Gasteiger partial charge < -0.3 is 9.88 Å². The molecule has 4 nitrogen and oxygen atoms in total. The fourth-order valence-electron chi connectivity index (χ4n) is 3.64. The number of fused-ring (bicyclic) bond motifs is 2. The lowest BCUT2D eigenvalue weighted by Crippen LogP contribution is -2.21. The molecule has 0 aliphatic heterocycles. The molecule has 0 saturated carbocycles. The first-order valence-corrected chi connectivity index (χ1v) is 9.49. The Labute approximate surface area is 154 Å². The van der Waals surface area contributed by atoms with Crippen molar-refractivity contribution in [3.8, 4) is 0 Å². The van der Waals surface area contributed by atoms with Crippen LogP contribution in [0.15, 0.2) is 47.5 Å². The van der Waals surface area contributed by atoms with Crippen molar-refractivity contribution in [1.29, 1.82) is 0 Å². The van der Waals surface area contributed by atoms with Gasteiger partial charge in [-0.1, -0.05) is 38.1 Å². The number of hydrogen-bond donors (Lipinski definition) is 1. The number of rotatable bonds is 3. The highest BCUT2D eigenvalue weighted by Crippen LogP contribution is 2.24. The Hall–Kier alpha value is -2.62. The molecule has 0 spiro atoms. The van der Waals surface area contributed by atoms with Gasteiger partial charge in [-0.25, -0.2) is 4.98 Å². The standard InChI is InChI=1S/C20H21N3O.C2H6/c1-3-23-12-13(2)20(24)17-10-19(21-11-18(17)23)22-16-8-14-6-4-5-7-15(14)9-16;1-2/h4-7,10-12,16H,3,8-9H2,1-2H3,(H,21,22);1-2H3. The number of hydrogen-bond acceptors (Lipinski definition) is 3. The van der Waals surface area contributed by atoms with Gasteiger partial charge in [0, 0.05) is 24.3 Å². The second kappa shape index (κ2) is 7.73. The molecule has 1 N–H and O–H groups in total. The molecule has 0 atom stereocenters. The third-order valence-electron chi connectivity index (χ3n) is 4.89. The normalized spacial score (nSPS) is 13.2. The van der Waals surface area contributed by atoms with Crippen molar-refractivity contribution >= 4 is 16.7 Å². The van der Waals surface area contributed by atoms with E-state index in [9.17, 15) is 4.79 Å². The van der Waals surface area contributed by atoms with Gasteiger partial charge in [0.15, 0.2) is 5.43 Å². The van der Waals surface area contributed by atoms with Crippen LogP contribution in [0.25, 0.3) is 10.9 Å². The Balaban J connectivity index is 0.000000948. The molecule has 2 aromatic heterocycles. The first-order valence-electron chi connectivity index (χ1n) is 9.49. The Kier molecular flexibility index (Phi) is 5.40. The maximum Gasteiger partial charge on any atom is 0.192 e. The Morgan fingerprint density at radius 3 is 2.46 bits per heavy atom. The fraction of sp³-hybridized carbons (Fsp3) is 0.364. The van der Waals surface area contributed by atoms with Gasteiger partial charge in [0.1, 0.15) is 5.82 Å². The second-order valence-corrected chi connectivity index (χ2v) is 6.53. The molecule has 4 heteroatoms. The highest BCUT2D eigenvalue weighted by molar-refractivity contribution is 5.81. The quantitative estimate of drug-likeness (QED) is 0.765. The van der Waals surface area contributed by atoms with Crippen LogP contribution in [0.5, 0.6) is 0 Å². The van der Waals surface area contributed by atoms with E-state index < -0.39 is 0 Å². The fourth-order valence-corrected chi connectivity index (χ4v) is 3.64. The van der Waals surface area contributed by atoms with Gasteiger partial charge in [-0.15, -0.1) is 0 Å². The number of anilines is 1. The van der Waals surface area contributed by atoms with Gasteiger partial charge in [-0.3, -0.25) is 4.79 Å². The highest BCUT2D eigenvalue weighted by Gasteiger charge is 2.21.